The minimum absolute atomic E-state index is 0. The van der Waals surface area contributed by atoms with Crippen LogP contribution < -0.4 is 11.9 Å². The molecule has 0 atom stereocenters. The lowest BCUT2D eigenvalue weighted by molar-refractivity contribution is 0.356. The normalized spacial score (nSPS) is 10.9. The van der Waals surface area contributed by atoms with Crippen molar-refractivity contribution in [3.63, 3.8) is 0 Å². The summed E-state index contributed by atoms with van der Waals surface area (Å²) in [6.07, 6.45) is 5.96. The third-order valence-corrected chi connectivity index (χ3v) is 2.44. The average Bonchev–Trinajstić information content (AvgIpc) is 2.00. The van der Waals surface area contributed by atoms with Crippen LogP contribution in [-0.2, 0) is 0 Å². The van der Waals surface area contributed by atoms with Crippen molar-refractivity contribution in [1.82, 2.24) is 6.15 Å². The summed E-state index contributed by atoms with van der Waals surface area (Å²) in [6, 6.07) is 0. The Balaban J connectivity index is 0. The first kappa shape index (κ1) is 13.5. The first-order valence-electron chi connectivity index (χ1n) is 4.47. The minimum atomic E-state index is 0. The fourth-order valence-electron chi connectivity index (χ4n) is 1.13. The lowest BCUT2D eigenvalue weighted by Gasteiger charge is -2.26. The van der Waals surface area contributed by atoms with Crippen LogP contribution in [0.15, 0.2) is 0 Å². The molecule has 0 aliphatic rings. The fraction of sp³-hybridized carbons (Fsp3) is 1.00. The van der Waals surface area contributed by atoms with E-state index in [0.29, 0.717) is 0 Å². The van der Waals surface area contributed by atoms with Crippen molar-refractivity contribution in [2.75, 3.05) is 0 Å². The zero-order valence-electron chi connectivity index (χ0n) is 8.32. The van der Waals surface area contributed by atoms with Crippen molar-refractivity contribution >= 4 is 0 Å². The van der Waals surface area contributed by atoms with Crippen LogP contribution in [0.5, 0.6) is 0 Å². The molecule has 0 heterocycles. The highest BCUT2D eigenvalue weighted by atomic mass is 14.7. The Bertz CT molecular complexity index is 77.6. The van der Waals surface area contributed by atoms with Crippen LogP contribution in [0.25, 0.3) is 0 Å². The lowest BCUT2D eigenvalue weighted by atomic mass is 9.88. The number of unbranched alkanes of at least 4 members (excludes halogenated alkanes) is 1. The summed E-state index contributed by atoms with van der Waals surface area (Å²) >= 11 is 0. The molecule has 2 nitrogen and oxygen atoms in total. The van der Waals surface area contributed by atoms with E-state index in [0.717, 1.165) is 12.8 Å². The van der Waals surface area contributed by atoms with Gasteiger partial charge in [-0.15, -0.1) is 0 Å². The topological polar surface area (TPSA) is 61.0 Å². The second-order valence-corrected chi connectivity index (χ2v) is 3.17. The monoisotopic (exact) mass is 160 g/mol. The van der Waals surface area contributed by atoms with Crippen LogP contribution in [0, 0.1) is 0 Å². The molecule has 5 N–H and O–H groups in total. The van der Waals surface area contributed by atoms with Gasteiger partial charge < -0.3 is 11.9 Å². The van der Waals surface area contributed by atoms with Gasteiger partial charge in [0.2, 0.25) is 0 Å². The maximum atomic E-state index is 6.08. The van der Waals surface area contributed by atoms with E-state index in [4.69, 9.17) is 5.73 Å². The Labute approximate surface area is 71.1 Å². The summed E-state index contributed by atoms with van der Waals surface area (Å²) in [4.78, 5) is 0. The van der Waals surface area contributed by atoms with E-state index in [1.165, 1.54) is 19.3 Å². The van der Waals surface area contributed by atoms with Crippen LogP contribution >= 0.6 is 0 Å². The molecule has 0 spiro atoms. The van der Waals surface area contributed by atoms with Gasteiger partial charge in [-0.2, -0.15) is 0 Å². The van der Waals surface area contributed by atoms with Gasteiger partial charge in [-0.05, 0) is 19.3 Å². The molecule has 0 aromatic carbocycles. The standard InChI is InChI=1S/C9H21N.H3N/c1-4-7-8-9(10,5-2)6-3;/h4-8,10H2,1-3H3;1H3. The third-order valence-electron chi connectivity index (χ3n) is 2.44. The van der Waals surface area contributed by atoms with E-state index in [1.807, 2.05) is 0 Å². The van der Waals surface area contributed by atoms with Crippen molar-refractivity contribution in [3.8, 4) is 0 Å². The summed E-state index contributed by atoms with van der Waals surface area (Å²) in [7, 11) is 0. The Morgan fingerprint density at radius 3 is 1.82 bits per heavy atom. The van der Waals surface area contributed by atoms with Crippen molar-refractivity contribution < 1.29 is 0 Å². The Kier molecular flexibility index (Phi) is 8.13. The van der Waals surface area contributed by atoms with E-state index in [1.54, 1.807) is 0 Å². The lowest BCUT2D eigenvalue weighted by Crippen LogP contribution is -2.37. The summed E-state index contributed by atoms with van der Waals surface area (Å²) in [5, 5.41) is 0. The quantitative estimate of drug-likeness (QED) is 0.649. The third kappa shape index (κ3) is 5.22. The Morgan fingerprint density at radius 2 is 1.55 bits per heavy atom. The molecule has 2 heteroatoms. The average molecular weight is 160 g/mol. The first-order chi connectivity index (χ1) is 4.68. The molecular weight excluding hydrogens is 136 g/mol. The Hall–Kier alpha value is -0.0800. The molecule has 0 radical (unpaired) electrons. The number of nitrogens with two attached hydrogens (primary N) is 1. The zero-order valence-corrected chi connectivity index (χ0v) is 8.32. The number of hydrogen-bond donors (Lipinski definition) is 2. The molecule has 70 valence electrons. The van der Waals surface area contributed by atoms with E-state index in [9.17, 15) is 0 Å². The predicted octanol–water partition coefficient (Wildman–Crippen LogP) is 2.86. The molecule has 0 aromatic rings. The molecule has 11 heavy (non-hydrogen) atoms. The van der Waals surface area contributed by atoms with Gasteiger partial charge in [-0.25, -0.2) is 0 Å². The maximum absolute atomic E-state index is 6.08. The van der Waals surface area contributed by atoms with E-state index < -0.39 is 0 Å². The van der Waals surface area contributed by atoms with Gasteiger partial charge in [-0.3, -0.25) is 0 Å². The molecule has 0 aliphatic heterocycles. The second kappa shape index (κ2) is 6.62. The zero-order chi connectivity index (χ0) is 8.04. The summed E-state index contributed by atoms with van der Waals surface area (Å²) in [6.45, 7) is 6.57. The smallest absolute Gasteiger partial charge is 0.0149 e. The van der Waals surface area contributed by atoms with E-state index >= 15 is 0 Å². The van der Waals surface area contributed by atoms with Crippen molar-refractivity contribution in [2.45, 2.75) is 58.4 Å². The van der Waals surface area contributed by atoms with Gasteiger partial charge in [0, 0.05) is 5.54 Å². The number of rotatable bonds is 5. The van der Waals surface area contributed by atoms with E-state index in [-0.39, 0.29) is 11.7 Å². The molecule has 0 fully saturated rings. The fourth-order valence-corrected chi connectivity index (χ4v) is 1.13. The SMILES string of the molecule is CCCCC(N)(CC)CC.N. The van der Waals surface area contributed by atoms with Gasteiger partial charge in [-0.1, -0.05) is 33.6 Å². The highest BCUT2D eigenvalue weighted by molar-refractivity contribution is 4.79. The van der Waals surface area contributed by atoms with E-state index in [2.05, 4.69) is 20.8 Å². The van der Waals surface area contributed by atoms with Gasteiger partial charge in [0.05, 0.1) is 0 Å². The largest absolute Gasteiger partial charge is 0.344 e. The van der Waals surface area contributed by atoms with Gasteiger partial charge >= 0.3 is 0 Å². The molecular formula is C9H24N2. The summed E-state index contributed by atoms with van der Waals surface area (Å²) in [5.74, 6) is 0. The molecule has 0 saturated heterocycles. The van der Waals surface area contributed by atoms with Crippen molar-refractivity contribution in [3.05, 3.63) is 0 Å². The van der Waals surface area contributed by atoms with Crippen molar-refractivity contribution in [1.29, 1.82) is 0 Å². The molecule has 0 bridgehead atoms. The van der Waals surface area contributed by atoms with Crippen LogP contribution in [0.4, 0.5) is 0 Å². The predicted molar refractivity (Wildman–Crippen MR) is 52.0 cm³/mol. The summed E-state index contributed by atoms with van der Waals surface area (Å²) in [5.41, 5.74) is 6.22. The molecule has 0 rings (SSSR count). The molecule has 0 aliphatic carbocycles. The first-order valence-corrected chi connectivity index (χ1v) is 4.47. The minimum Gasteiger partial charge on any atom is -0.344 e. The van der Waals surface area contributed by atoms with Gasteiger partial charge in [0.15, 0.2) is 0 Å². The van der Waals surface area contributed by atoms with Crippen LogP contribution in [0.1, 0.15) is 52.9 Å². The number of hydrogen-bond acceptors (Lipinski definition) is 2. The molecule has 0 saturated carbocycles. The highest BCUT2D eigenvalue weighted by Crippen LogP contribution is 2.18. The maximum Gasteiger partial charge on any atom is 0.0149 e. The molecule has 0 amide bonds. The molecule has 0 unspecified atom stereocenters. The van der Waals surface area contributed by atoms with Crippen LogP contribution in [-0.4, -0.2) is 5.54 Å². The van der Waals surface area contributed by atoms with Crippen LogP contribution in [0.2, 0.25) is 0 Å². The Morgan fingerprint density at radius 1 is 1.09 bits per heavy atom. The van der Waals surface area contributed by atoms with Gasteiger partial charge in [0.25, 0.3) is 0 Å². The highest BCUT2D eigenvalue weighted by Gasteiger charge is 2.18. The molecule has 0 aromatic heterocycles. The van der Waals surface area contributed by atoms with Crippen molar-refractivity contribution in [2.24, 2.45) is 5.73 Å². The summed E-state index contributed by atoms with van der Waals surface area (Å²) < 4.78 is 0. The van der Waals surface area contributed by atoms with Gasteiger partial charge in [0.1, 0.15) is 0 Å². The second-order valence-electron chi connectivity index (χ2n) is 3.17. The van der Waals surface area contributed by atoms with Crippen LogP contribution in [0.3, 0.4) is 0 Å².